The summed E-state index contributed by atoms with van der Waals surface area (Å²) >= 11 is 0. The molecule has 0 amide bonds. The molecule has 1 N–H and O–H groups in total. The lowest BCUT2D eigenvalue weighted by Gasteiger charge is -2.21. The van der Waals surface area contributed by atoms with Crippen molar-refractivity contribution in [2.24, 2.45) is 11.8 Å². The highest BCUT2D eigenvalue weighted by Crippen LogP contribution is 2.25. The number of ketones is 1. The Kier molecular flexibility index (Phi) is 2.27. The van der Waals surface area contributed by atoms with Gasteiger partial charge in [0.2, 0.25) is 0 Å². The van der Waals surface area contributed by atoms with Gasteiger partial charge in [-0.3, -0.25) is 9.59 Å². The lowest BCUT2D eigenvalue weighted by molar-refractivity contribution is -0.148. The van der Waals surface area contributed by atoms with Crippen LogP contribution in [0.5, 0.6) is 0 Å². The van der Waals surface area contributed by atoms with Crippen molar-refractivity contribution in [2.45, 2.75) is 26.2 Å². The largest absolute Gasteiger partial charge is 0.481 e. The number of carbonyl (C=O) groups is 2. The van der Waals surface area contributed by atoms with Gasteiger partial charge in [0.15, 0.2) is 0 Å². The highest BCUT2D eigenvalue weighted by molar-refractivity contribution is 5.98. The Hall–Kier alpha value is -0.860. The van der Waals surface area contributed by atoms with Crippen LogP contribution in [0.15, 0.2) is 0 Å². The Bertz CT molecular complexity index is 186. The van der Waals surface area contributed by atoms with Crippen LogP contribution in [0.1, 0.15) is 26.2 Å². The molecule has 1 fully saturated rings. The number of hydrogen-bond acceptors (Lipinski definition) is 2. The van der Waals surface area contributed by atoms with Crippen LogP contribution in [0.3, 0.4) is 0 Å². The summed E-state index contributed by atoms with van der Waals surface area (Å²) in [6, 6.07) is 0. The van der Waals surface area contributed by atoms with Crippen molar-refractivity contribution in [1.82, 2.24) is 0 Å². The molecule has 0 aromatic rings. The third kappa shape index (κ3) is 1.79. The zero-order valence-electron chi connectivity index (χ0n) is 6.54. The van der Waals surface area contributed by atoms with E-state index in [2.05, 4.69) is 0 Å². The van der Waals surface area contributed by atoms with Crippen LogP contribution in [0.25, 0.3) is 0 Å². The van der Waals surface area contributed by atoms with Crippen LogP contribution < -0.4 is 0 Å². The van der Waals surface area contributed by atoms with E-state index in [9.17, 15) is 9.59 Å². The van der Waals surface area contributed by atoms with Gasteiger partial charge < -0.3 is 5.11 Å². The van der Waals surface area contributed by atoms with E-state index in [1.54, 1.807) is 0 Å². The average Bonchev–Trinajstić information content (AvgIpc) is 1.94. The van der Waals surface area contributed by atoms with Crippen molar-refractivity contribution in [2.75, 3.05) is 0 Å². The van der Waals surface area contributed by atoms with Crippen molar-refractivity contribution in [3.8, 4) is 0 Å². The van der Waals surface area contributed by atoms with Crippen LogP contribution in [-0.2, 0) is 9.59 Å². The predicted octanol–water partition coefficient (Wildman–Crippen LogP) is 1.08. The van der Waals surface area contributed by atoms with E-state index in [0.29, 0.717) is 18.8 Å². The van der Waals surface area contributed by atoms with E-state index in [4.69, 9.17) is 5.11 Å². The molecule has 1 aliphatic rings. The maximum absolute atomic E-state index is 11.0. The van der Waals surface area contributed by atoms with Crippen LogP contribution in [0.4, 0.5) is 0 Å². The monoisotopic (exact) mass is 156 g/mol. The van der Waals surface area contributed by atoms with Gasteiger partial charge in [-0.1, -0.05) is 6.92 Å². The summed E-state index contributed by atoms with van der Waals surface area (Å²) in [5, 5.41) is 8.61. The first kappa shape index (κ1) is 8.24. The standard InChI is InChI=1S/C8H12O3/c1-5-2-3-7(9)6(4-5)8(10)11/h5-6H,2-4H2,1H3,(H,10,11)/t5-,6-/m1/s1. The Labute approximate surface area is 65.4 Å². The third-order valence-corrected chi connectivity index (χ3v) is 2.21. The second-order valence-corrected chi connectivity index (χ2v) is 3.24. The van der Waals surface area contributed by atoms with Crippen molar-refractivity contribution in [1.29, 1.82) is 0 Å². The Morgan fingerprint density at radius 3 is 2.73 bits per heavy atom. The van der Waals surface area contributed by atoms with Crippen LogP contribution in [-0.4, -0.2) is 16.9 Å². The van der Waals surface area contributed by atoms with Crippen LogP contribution >= 0.6 is 0 Å². The number of hydrogen-bond donors (Lipinski definition) is 1. The van der Waals surface area contributed by atoms with E-state index in [1.165, 1.54) is 0 Å². The molecule has 3 nitrogen and oxygen atoms in total. The summed E-state index contributed by atoms with van der Waals surface area (Å²) in [5.74, 6) is -1.40. The summed E-state index contributed by atoms with van der Waals surface area (Å²) in [5.41, 5.74) is 0. The molecule has 0 aliphatic heterocycles. The van der Waals surface area contributed by atoms with Gasteiger partial charge in [0.1, 0.15) is 11.7 Å². The molecular formula is C8H12O3. The van der Waals surface area contributed by atoms with Gasteiger partial charge >= 0.3 is 5.97 Å². The summed E-state index contributed by atoms with van der Waals surface area (Å²) in [4.78, 5) is 21.5. The molecule has 0 heterocycles. The van der Waals surface area contributed by atoms with Crippen LogP contribution in [0, 0.1) is 11.8 Å². The molecule has 3 heteroatoms. The summed E-state index contributed by atoms with van der Waals surface area (Å²) in [6.07, 6.45) is 1.81. The molecule has 0 aromatic heterocycles. The molecule has 62 valence electrons. The Morgan fingerprint density at radius 1 is 1.64 bits per heavy atom. The highest BCUT2D eigenvalue weighted by atomic mass is 16.4. The quantitative estimate of drug-likeness (QED) is 0.578. The molecule has 0 aromatic carbocycles. The first-order valence-electron chi connectivity index (χ1n) is 3.86. The zero-order chi connectivity index (χ0) is 8.43. The summed E-state index contributed by atoms with van der Waals surface area (Å²) in [6.45, 7) is 1.99. The number of carboxylic acids is 1. The predicted molar refractivity (Wildman–Crippen MR) is 39.1 cm³/mol. The summed E-state index contributed by atoms with van der Waals surface area (Å²) in [7, 11) is 0. The summed E-state index contributed by atoms with van der Waals surface area (Å²) < 4.78 is 0. The lowest BCUT2D eigenvalue weighted by atomic mass is 9.81. The number of Topliss-reactive ketones (excluding diaryl/α,β-unsaturated/α-hetero) is 1. The van der Waals surface area contributed by atoms with Crippen molar-refractivity contribution >= 4 is 11.8 Å². The minimum Gasteiger partial charge on any atom is -0.481 e. The van der Waals surface area contributed by atoms with E-state index in [0.717, 1.165) is 6.42 Å². The molecule has 0 radical (unpaired) electrons. The minimum atomic E-state index is -0.957. The van der Waals surface area contributed by atoms with E-state index >= 15 is 0 Å². The molecule has 0 bridgehead atoms. The molecule has 0 spiro atoms. The topological polar surface area (TPSA) is 54.4 Å². The zero-order valence-corrected chi connectivity index (χ0v) is 6.54. The Balaban J connectivity index is 2.61. The van der Waals surface area contributed by atoms with E-state index in [1.807, 2.05) is 6.92 Å². The van der Waals surface area contributed by atoms with E-state index in [-0.39, 0.29) is 5.78 Å². The first-order valence-corrected chi connectivity index (χ1v) is 3.86. The number of rotatable bonds is 1. The number of carbonyl (C=O) groups excluding carboxylic acids is 1. The number of carboxylic acid groups (broad SMARTS) is 1. The molecule has 1 rings (SSSR count). The van der Waals surface area contributed by atoms with Gasteiger partial charge in [0.05, 0.1) is 0 Å². The van der Waals surface area contributed by atoms with Gasteiger partial charge in [0.25, 0.3) is 0 Å². The molecule has 1 aliphatic carbocycles. The van der Waals surface area contributed by atoms with Gasteiger partial charge in [-0.25, -0.2) is 0 Å². The molecular weight excluding hydrogens is 144 g/mol. The molecule has 1 saturated carbocycles. The maximum atomic E-state index is 11.0. The smallest absolute Gasteiger partial charge is 0.314 e. The van der Waals surface area contributed by atoms with Crippen molar-refractivity contribution < 1.29 is 14.7 Å². The lowest BCUT2D eigenvalue weighted by Crippen LogP contribution is -2.30. The number of aliphatic carboxylic acids is 1. The normalized spacial score (nSPS) is 31.9. The van der Waals surface area contributed by atoms with Gasteiger partial charge in [-0.05, 0) is 18.8 Å². The Morgan fingerprint density at radius 2 is 2.27 bits per heavy atom. The maximum Gasteiger partial charge on any atom is 0.314 e. The van der Waals surface area contributed by atoms with Crippen molar-refractivity contribution in [3.63, 3.8) is 0 Å². The van der Waals surface area contributed by atoms with Crippen LogP contribution in [0.2, 0.25) is 0 Å². The average molecular weight is 156 g/mol. The fourth-order valence-corrected chi connectivity index (χ4v) is 1.45. The third-order valence-electron chi connectivity index (χ3n) is 2.21. The van der Waals surface area contributed by atoms with Gasteiger partial charge in [0, 0.05) is 6.42 Å². The van der Waals surface area contributed by atoms with Gasteiger partial charge in [-0.2, -0.15) is 0 Å². The molecule has 0 saturated heterocycles. The molecule has 11 heavy (non-hydrogen) atoms. The molecule has 2 atom stereocenters. The van der Waals surface area contributed by atoms with Gasteiger partial charge in [-0.15, -0.1) is 0 Å². The second kappa shape index (κ2) is 3.03. The highest BCUT2D eigenvalue weighted by Gasteiger charge is 2.31. The fraction of sp³-hybridized carbons (Fsp3) is 0.750. The minimum absolute atomic E-state index is 0.101. The fourth-order valence-electron chi connectivity index (χ4n) is 1.45. The van der Waals surface area contributed by atoms with E-state index < -0.39 is 11.9 Å². The first-order chi connectivity index (χ1) is 5.11. The SMILES string of the molecule is C[C@@H]1CCC(=O)[C@H](C(=O)O)C1. The molecule has 0 unspecified atom stereocenters. The van der Waals surface area contributed by atoms with Crippen molar-refractivity contribution in [3.05, 3.63) is 0 Å². The second-order valence-electron chi connectivity index (χ2n) is 3.24.